The van der Waals surface area contributed by atoms with Crippen molar-refractivity contribution in [3.8, 4) is 34.0 Å². The fraction of sp³-hybridized carbons (Fsp3) is 0. The van der Waals surface area contributed by atoms with Crippen LogP contribution in [0, 0.1) is 0 Å². The van der Waals surface area contributed by atoms with E-state index in [1.165, 1.54) is 18.3 Å². The predicted molar refractivity (Wildman–Crippen MR) is 114 cm³/mol. The topological polar surface area (TPSA) is 90.6 Å². The molecule has 0 unspecified atom stereocenters. The van der Waals surface area contributed by atoms with Crippen molar-refractivity contribution < 1.29 is 10.2 Å². The summed E-state index contributed by atoms with van der Waals surface area (Å²) in [5.41, 5.74) is 6.97. The summed E-state index contributed by atoms with van der Waals surface area (Å²) in [5.74, 6) is -0.0337. The first-order valence-electron chi connectivity index (χ1n) is 9.00. The molecule has 0 amide bonds. The van der Waals surface area contributed by atoms with Gasteiger partial charge in [0.25, 0.3) is 0 Å². The molecule has 29 heavy (non-hydrogen) atoms. The Balaban J connectivity index is 1.66. The third kappa shape index (κ3) is 4.39. The summed E-state index contributed by atoms with van der Waals surface area (Å²) in [5, 5.41) is 23.1. The van der Waals surface area contributed by atoms with E-state index in [0.717, 1.165) is 22.5 Å². The summed E-state index contributed by atoms with van der Waals surface area (Å²) in [6, 6.07) is 26.1. The Morgan fingerprint density at radius 3 is 1.83 bits per heavy atom. The van der Waals surface area contributed by atoms with Crippen molar-refractivity contribution in [1.82, 2.24) is 9.97 Å². The summed E-state index contributed by atoms with van der Waals surface area (Å²) < 4.78 is 0. The van der Waals surface area contributed by atoms with Gasteiger partial charge in [0.05, 0.1) is 17.6 Å². The first-order chi connectivity index (χ1) is 14.2. The van der Waals surface area contributed by atoms with Crippen molar-refractivity contribution >= 4 is 12.2 Å². The number of anilines is 1. The predicted octanol–water partition coefficient (Wildman–Crippen LogP) is 4.67. The van der Waals surface area contributed by atoms with Crippen molar-refractivity contribution in [1.29, 1.82) is 0 Å². The van der Waals surface area contributed by atoms with E-state index in [2.05, 4.69) is 20.5 Å². The van der Waals surface area contributed by atoms with Gasteiger partial charge in [0, 0.05) is 11.1 Å². The molecule has 0 radical (unpaired) electrons. The zero-order chi connectivity index (χ0) is 20.1. The first-order valence-corrected chi connectivity index (χ1v) is 9.00. The highest BCUT2D eigenvalue weighted by molar-refractivity contribution is 5.81. The van der Waals surface area contributed by atoms with Crippen LogP contribution < -0.4 is 5.43 Å². The van der Waals surface area contributed by atoms with Crippen molar-refractivity contribution in [3.05, 3.63) is 90.5 Å². The number of nitrogens with zero attached hydrogens (tertiary/aromatic N) is 3. The van der Waals surface area contributed by atoms with Crippen LogP contribution in [-0.2, 0) is 0 Å². The summed E-state index contributed by atoms with van der Waals surface area (Å²) in [7, 11) is 0. The summed E-state index contributed by atoms with van der Waals surface area (Å²) in [6.45, 7) is 0. The molecule has 6 heteroatoms. The third-order valence-electron chi connectivity index (χ3n) is 4.24. The van der Waals surface area contributed by atoms with E-state index in [9.17, 15) is 10.2 Å². The van der Waals surface area contributed by atoms with Gasteiger partial charge in [-0.2, -0.15) is 5.10 Å². The van der Waals surface area contributed by atoms with E-state index in [-0.39, 0.29) is 11.5 Å². The SMILES string of the molecule is Oc1ccc(C=NNc2nc(-c3ccccc3)cc(-c3ccccc3)n2)cc1O. The number of hydrazone groups is 1. The molecule has 0 spiro atoms. The molecule has 0 bridgehead atoms. The standard InChI is InChI=1S/C23H18N4O2/c28-21-12-11-16(13-22(21)29)15-24-27-23-25-19(17-7-3-1-4-8-17)14-20(26-23)18-9-5-2-6-10-18/h1-15,28-29H,(H,25,26,27). The number of aromatic hydroxyl groups is 2. The van der Waals surface area contributed by atoms with Crippen LogP contribution in [0.4, 0.5) is 5.95 Å². The van der Waals surface area contributed by atoms with Crippen LogP contribution in [0.15, 0.2) is 90.0 Å². The van der Waals surface area contributed by atoms with Crippen LogP contribution >= 0.6 is 0 Å². The zero-order valence-electron chi connectivity index (χ0n) is 15.4. The second kappa shape index (κ2) is 8.22. The first kappa shape index (κ1) is 18.2. The molecule has 3 aromatic carbocycles. The van der Waals surface area contributed by atoms with Crippen molar-refractivity contribution in [2.75, 3.05) is 5.43 Å². The lowest BCUT2D eigenvalue weighted by Gasteiger charge is -2.08. The van der Waals surface area contributed by atoms with E-state index in [1.807, 2.05) is 66.7 Å². The lowest BCUT2D eigenvalue weighted by atomic mass is 10.1. The minimum absolute atomic E-state index is 0.179. The largest absolute Gasteiger partial charge is 0.504 e. The fourth-order valence-corrected chi connectivity index (χ4v) is 2.80. The molecule has 0 aliphatic carbocycles. The smallest absolute Gasteiger partial charge is 0.244 e. The molecule has 0 saturated heterocycles. The van der Waals surface area contributed by atoms with Gasteiger partial charge in [-0.25, -0.2) is 15.4 Å². The lowest BCUT2D eigenvalue weighted by Crippen LogP contribution is -2.00. The molecule has 4 aromatic rings. The van der Waals surface area contributed by atoms with Gasteiger partial charge in [-0.15, -0.1) is 0 Å². The second-order valence-corrected chi connectivity index (χ2v) is 6.31. The Morgan fingerprint density at radius 1 is 0.690 bits per heavy atom. The van der Waals surface area contributed by atoms with Gasteiger partial charge in [-0.3, -0.25) is 0 Å². The van der Waals surface area contributed by atoms with Crippen LogP contribution in [0.2, 0.25) is 0 Å². The van der Waals surface area contributed by atoms with Crippen molar-refractivity contribution in [3.63, 3.8) is 0 Å². The molecule has 1 aromatic heterocycles. The van der Waals surface area contributed by atoms with E-state index < -0.39 is 0 Å². The monoisotopic (exact) mass is 382 g/mol. The number of hydrogen-bond acceptors (Lipinski definition) is 6. The minimum atomic E-state index is -0.206. The second-order valence-electron chi connectivity index (χ2n) is 6.31. The molecule has 142 valence electrons. The average Bonchev–Trinajstić information content (AvgIpc) is 2.77. The molecular formula is C23H18N4O2. The Kier molecular flexibility index (Phi) is 5.16. The maximum absolute atomic E-state index is 9.58. The van der Waals surface area contributed by atoms with E-state index >= 15 is 0 Å². The fourth-order valence-electron chi connectivity index (χ4n) is 2.80. The number of nitrogens with one attached hydrogen (secondary N) is 1. The summed E-state index contributed by atoms with van der Waals surface area (Å²) in [4.78, 5) is 9.13. The number of aromatic nitrogens is 2. The van der Waals surface area contributed by atoms with Crippen molar-refractivity contribution in [2.45, 2.75) is 0 Å². The van der Waals surface area contributed by atoms with Gasteiger partial charge in [0.1, 0.15) is 0 Å². The van der Waals surface area contributed by atoms with Gasteiger partial charge in [-0.05, 0) is 29.8 Å². The van der Waals surface area contributed by atoms with Crippen LogP contribution in [0.3, 0.4) is 0 Å². The maximum atomic E-state index is 9.58. The van der Waals surface area contributed by atoms with Crippen LogP contribution in [0.25, 0.3) is 22.5 Å². The van der Waals surface area contributed by atoms with Crippen LogP contribution in [0.5, 0.6) is 11.5 Å². The number of benzene rings is 3. The van der Waals surface area contributed by atoms with Crippen LogP contribution in [0.1, 0.15) is 5.56 Å². The molecule has 0 atom stereocenters. The van der Waals surface area contributed by atoms with Gasteiger partial charge >= 0.3 is 0 Å². The Bertz CT molecular complexity index is 1090. The van der Waals surface area contributed by atoms with Gasteiger partial charge in [-0.1, -0.05) is 60.7 Å². The van der Waals surface area contributed by atoms with Gasteiger partial charge in [0.15, 0.2) is 11.5 Å². The average molecular weight is 382 g/mol. The number of phenolic OH excluding ortho intramolecular Hbond substituents is 2. The van der Waals surface area contributed by atoms with E-state index in [1.54, 1.807) is 6.07 Å². The summed E-state index contributed by atoms with van der Waals surface area (Å²) in [6.07, 6.45) is 1.51. The molecule has 0 saturated carbocycles. The maximum Gasteiger partial charge on any atom is 0.244 e. The highest BCUT2D eigenvalue weighted by atomic mass is 16.3. The molecule has 1 heterocycles. The molecule has 0 fully saturated rings. The minimum Gasteiger partial charge on any atom is -0.504 e. The van der Waals surface area contributed by atoms with E-state index in [0.29, 0.717) is 11.5 Å². The molecule has 3 N–H and O–H groups in total. The molecule has 6 nitrogen and oxygen atoms in total. The normalized spacial score (nSPS) is 10.9. The molecule has 0 aliphatic heterocycles. The number of rotatable bonds is 5. The van der Waals surface area contributed by atoms with E-state index in [4.69, 9.17) is 0 Å². The summed E-state index contributed by atoms with van der Waals surface area (Å²) >= 11 is 0. The molecular weight excluding hydrogens is 364 g/mol. The Labute approximate surface area is 167 Å². The molecule has 4 rings (SSSR count). The zero-order valence-corrected chi connectivity index (χ0v) is 15.4. The van der Waals surface area contributed by atoms with Crippen LogP contribution in [-0.4, -0.2) is 26.4 Å². The van der Waals surface area contributed by atoms with Gasteiger partial charge in [0.2, 0.25) is 5.95 Å². The quantitative estimate of drug-likeness (QED) is 0.265. The highest BCUT2D eigenvalue weighted by Crippen LogP contribution is 2.26. The van der Waals surface area contributed by atoms with Gasteiger partial charge < -0.3 is 10.2 Å². The Hall–Kier alpha value is -4.19. The lowest BCUT2D eigenvalue weighted by molar-refractivity contribution is 0.403. The molecule has 0 aliphatic rings. The number of phenols is 2. The third-order valence-corrected chi connectivity index (χ3v) is 4.24. The highest BCUT2D eigenvalue weighted by Gasteiger charge is 2.08. The Morgan fingerprint density at radius 2 is 1.28 bits per heavy atom. The van der Waals surface area contributed by atoms with Crippen molar-refractivity contribution in [2.24, 2.45) is 5.10 Å². The number of hydrogen-bond donors (Lipinski definition) is 3.